The summed E-state index contributed by atoms with van der Waals surface area (Å²) in [5.74, 6) is 1.08. The zero-order valence-electron chi connectivity index (χ0n) is 13.8. The molecular weight excluding hydrogens is 384 g/mol. The monoisotopic (exact) mass is 402 g/mol. The molecule has 1 atom stereocenters. The maximum Gasteiger partial charge on any atom is 0.182 e. The highest BCUT2D eigenvalue weighted by molar-refractivity contribution is 9.10. The van der Waals surface area contributed by atoms with Crippen molar-refractivity contribution >= 4 is 38.8 Å². The lowest BCUT2D eigenvalue weighted by Crippen LogP contribution is -2.40. The Bertz CT molecular complexity index is 801. The van der Waals surface area contributed by atoms with Crippen LogP contribution < -0.4 is 10.1 Å². The van der Waals surface area contributed by atoms with E-state index < -0.39 is 5.66 Å². The summed E-state index contributed by atoms with van der Waals surface area (Å²) in [7, 11) is 1.66. The zero-order valence-corrected chi connectivity index (χ0v) is 16.2. The first kappa shape index (κ1) is 17.1. The third kappa shape index (κ3) is 2.98. The number of hydrogen-bond acceptors (Lipinski definition) is 3. The van der Waals surface area contributed by atoms with Crippen LogP contribution in [-0.2, 0) is 5.66 Å². The van der Waals surface area contributed by atoms with Gasteiger partial charge in [-0.25, -0.2) is 4.99 Å². The van der Waals surface area contributed by atoms with Crippen molar-refractivity contribution in [3.05, 3.63) is 64.1 Å². The third-order valence-electron chi connectivity index (χ3n) is 4.11. The van der Waals surface area contributed by atoms with Crippen molar-refractivity contribution in [2.45, 2.75) is 19.5 Å². The fourth-order valence-electron chi connectivity index (χ4n) is 2.86. The number of methoxy groups -OCH3 is 1. The van der Waals surface area contributed by atoms with Gasteiger partial charge in [0.1, 0.15) is 10.7 Å². The average molecular weight is 403 g/mol. The van der Waals surface area contributed by atoms with Crippen molar-refractivity contribution in [3.63, 3.8) is 0 Å². The summed E-state index contributed by atoms with van der Waals surface area (Å²) >= 11 is 9.13. The van der Waals surface area contributed by atoms with E-state index >= 15 is 0 Å². The molecular formula is C19H19BrN2OS. The highest BCUT2D eigenvalue weighted by atomic mass is 79.9. The van der Waals surface area contributed by atoms with Gasteiger partial charge < -0.3 is 10.1 Å². The Labute approximate surface area is 156 Å². The van der Waals surface area contributed by atoms with Gasteiger partial charge in [-0.1, -0.05) is 66.3 Å². The van der Waals surface area contributed by atoms with E-state index in [0.717, 1.165) is 27.1 Å². The summed E-state index contributed by atoms with van der Waals surface area (Å²) in [6.07, 6.45) is 0. The van der Waals surface area contributed by atoms with Crippen LogP contribution in [0.3, 0.4) is 0 Å². The SMILES string of the molecule is COc1ccc(C2(c3cccc(Br)c3)N=C(C(C)C)C(=S)N2)cc1. The predicted octanol–water partition coefficient (Wildman–Crippen LogP) is 4.69. The Hall–Kier alpha value is -1.72. The minimum Gasteiger partial charge on any atom is -0.497 e. The lowest BCUT2D eigenvalue weighted by atomic mass is 9.92. The quantitative estimate of drug-likeness (QED) is 0.753. The molecule has 3 rings (SSSR count). The number of benzene rings is 2. The van der Waals surface area contributed by atoms with Crippen molar-refractivity contribution in [2.75, 3.05) is 7.11 Å². The molecule has 0 aromatic heterocycles. The molecule has 2 aromatic rings. The van der Waals surface area contributed by atoms with Gasteiger partial charge in [0, 0.05) is 15.6 Å². The first-order chi connectivity index (χ1) is 11.5. The van der Waals surface area contributed by atoms with Crippen molar-refractivity contribution in [2.24, 2.45) is 10.9 Å². The molecule has 0 spiro atoms. The Morgan fingerprint density at radius 2 is 1.83 bits per heavy atom. The number of halogens is 1. The summed E-state index contributed by atoms with van der Waals surface area (Å²) in [6, 6.07) is 16.1. The van der Waals surface area contributed by atoms with Crippen LogP contribution in [0.2, 0.25) is 0 Å². The number of rotatable bonds is 4. The standard InChI is InChI=1S/C19H19BrN2OS/c1-12(2)17-18(24)22-19(21-17,14-5-4-6-15(20)11-14)13-7-9-16(23-3)10-8-13/h4-12H,1-3H3,(H,22,24). The molecule has 2 aromatic carbocycles. The number of nitrogens with zero attached hydrogens (tertiary/aromatic N) is 1. The maximum absolute atomic E-state index is 5.57. The highest BCUT2D eigenvalue weighted by Gasteiger charge is 2.41. The van der Waals surface area contributed by atoms with Crippen LogP contribution in [0, 0.1) is 5.92 Å². The molecule has 3 nitrogen and oxygen atoms in total. The Morgan fingerprint density at radius 1 is 1.12 bits per heavy atom. The molecule has 0 amide bonds. The average Bonchev–Trinajstić information content (AvgIpc) is 2.94. The number of ether oxygens (including phenoxy) is 1. The number of nitrogens with one attached hydrogen (secondary N) is 1. The van der Waals surface area contributed by atoms with Gasteiger partial charge in [-0.2, -0.15) is 0 Å². The fourth-order valence-corrected chi connectivity index (χ4v) is 3.69. The third-order valence-corrected chi connectivity index (χ3v) is 4.92. The van der Waals surface area contributed by atoms with E-state index in [2.05, 4.69) is 47.2 Å². The van der Waals surface area contributed by atoms with E-state index in [-0.39, 0.29) is 5.92 Å². The predicted molar refractivity (Wildman–Crippen MR) is 106 cm³/mol. The van der Waals surface area contributed by atoms with Crippen LogP contribution in [0.1, 0.15) is 25.0 Å². The van der Waals surface area contributed by atoms with Crippen LogP contribution in [0.5, 0.6) is 5.75 Å². The second kappa shape index (κ2) is 6.65. The summed E-state index contributed by atoms with van der Waals surface area (Å²) < 4.78 is 6.29. The summed E-state index contributed by atoms with van der Waals surface area (Å²) in [4.78, 5) is 5.75. The number of thiocarbonyl (C=S) groups is 1. The molecule has 5 heteroatoms. The minimum absolute atomic E-state index is 0.261. The molecule has 0 saturated heterocycles. The van der Waals surface area contributed by atoms with E-state index in [0.29, 0.717) is 4.99 Å². The van der Waals surface area contributed by atoms with Gasteiger partial charge in [-0.3, -0.25) is 0 Å². The first-order valence-electron chi connectivity index (χ1n) is 7.79. The largest absolute Gasteiger partial charge is 0.497 e. The van der Waals surface area contributed by atoms with Crippen molar-refractivity contribution in [1.82, 2.24) is 5.32 Å². The van der Waals surface area contributed by atoms with Crippen LogP contribution >= 0.6 is 28.1 Å². The van der Waals surface area contributed by atoms with Gasteiger partial charge in [0.15, 0.2) is 5.66 Å². The molecule has 0 saturated carbocycles. The van der Waals surface area contributed by atoms with E-state index in [1.165, 1.54) is 0 Å². The molecule has 1 unspecified atom stereocenters. The smallest absolute Gasteiger partial charge is 0.182 e. The topological polar surface area (TPSA) is 33.6 Å². The van der Waals surface area contributed by atoms with Gasteiger partial charge >= 0.3 is 0 Å². The Kier molecular flexibility index (Phi) is 4.74. The first-order valence-corrected chi connectivity index (χ1v) is 8.99. The number of hydrogen-bond donors (Lipinski definition) is 1. The molecule has 0 aliphatic carbocycles. The van der Waals surface area contributed by atoms with Crippen LogP contribution in [0.4, 0.5) is 0 Å². The maximum atomic E-state index is 5.57. The molecule has 1 N–H and O–H groups in total. The Balaban J connectivity index is 2.20. The van der Waals surface area contributed by atoms with E-state index in [9.17, 15) is 0 Å². The van der Waals surface area contributed by atoms with Crippen LogP contribution in [-0.4, -0.2) is 17.8 Å². The lowest BCUT2D eigenvalue weighted by Gasteiger charge is -2.28. The molecule has 0 fully saturated rings. The van der Waals surface area contributed by atoms with Crippen molar-refractivity contribution < 1.29 is 4.74 Å². The lowest BCUT2D eigenvalue weighted by molar-refractivity contribution is 0.414. The number of aliphatic imine (C=N–C) groups is 1. The van der Waals surface area contributed by atoms with Gasteiger partial charge in [0.2, 0.25) is 0 Å². The van der Waals surface area contributed by atoms with Crippen LogP contribution in [0.25, 0.3) is 0 Å². The van der Waals surface area contributed by atoms with E-state index in [1.807, 2.05) is 36.4 Å². The summed E-state index contributed by atoms with van der Waals surface area (Å²) in [6.45, 7) is 4.22. The highest BCUT2D eigenvalue weighted by Crippen LogP contribution is 2.37. The second-order valence-corrected chi connectivity index (χ2v) is 7.38. The fraction of sp³-hybridized carbons (Fsp3) is 0.263. The molecule has 1 aliphatic heterocycles. The minimum atomic E-state index is -0.702. The van der Waals surface area contributed by atoms with Gasteiger partial charge in [-0.15, -0.1) is 0 Å². The van der Waals surface area contributed by atoms with Gasteiger partial charge in [-0.05, 0) is 30.2 Å². The van der Waals surface area contributed by atoms with Crippen molar-refractivity contribution in [3.8, 4) is 5.75 Å². The van der Waals surface area contributed by atoms with Crippen molar-refractivity contribution in [1.29, 1.82) is 0 Å². The van der Waals surface area contributed by atoms with E-state index in [1.54, 1.807) is 7.11 Å². The normalized spacial score (nSPS) is 20.0. The van der Waals surface area contributed by atoms with Gasteiger partial charge in [0.25, 0.3) is 0 Å². The van der Waals surface area contributed by atoms with Crippen LogP contribution in [0.15, 0.2) is 58.0 Å². The molecule has 1 heterocycles. The Morgan fingerprint density at radius 3 is 2.38 bits per heavy atom. The molecule has 124 valence electrons. The summed E-state index contributed by atoms with van der Waals surface area (Å²) in [5.41, 5.74) is 2.30. The van der Waals surface area contributed by atoms with Gasteiger partial charge in [0.05, 0.1) is 12.8 Å². The zero-order chi connectivity index (χ0) is 17.3. The molecule has 1 aliphatic rings. The van der Waals surface area contributed by atoms with E-state index in [4.69, 9.17) is 21.9 Å². The second-order valence-electron chi connectivity index (χ2n) is 6.06. The molecule has 24 heavy (non-hydrogen) atoms. The molecule has 0 radical (unpaired) electrons. The summed E-state index contributed by atoms with van der Waals surface area (Å²) in [5, 5.41) is 3.46. The molecule has 0 bridgehead atoms.